The van der Waals surface area contributed by atoms with Gasteiger partial charge in [-0.15, -0.1) is 0 Å². The van der Waals surface area contributed by atoms with Crippen LogP contribution in [0.2, 0.25) is 0 Å². The molecule has 0 aromatic carbocycles. The van der Waals surface area contributed by atoms with Crippen molar-refractivity contribution in [2.75, 3.05) is 7.11 Å². The Morgan fingerprint density at radius 3 is 2.86 bits per heavy atom. The maximum atomic E-state index is 11.4. The Balaban J connectivity index is 2.16. The summed E-state index contributed by atoms with van der Waals surface area (Å²) < 4.78 is 4.64. The van der Waals surface area contributed by atoms with Gasteiger partial charge in [0.1, 0.15) is 5.78 Å². The van der Waals surface area contributed by atoms with E-state index in [1.54, 1.807) is 0 Å². The number of ketones is 1. The molecule has 0 bridgehead atoms. The number of rotatable bonds is 1. The predicted octanol–water partition coefficient (Wildman–Crippen LogP) is 0.135. The summed E-state index contributed by atoms with van der Waals surface area (Å²) in [6, 6.07) is 0. The lowest BCUT2D eigenvalue weighted by Crippen LogP contribution is -2.29. The first-order valence-corrected chi connectivity index (χ1v) is 4.91. The highest BCUT2D eigenvalue weighted by Crippen LogP contribution is 2.46. The van der Waals surface area contributed by atoms with E-state index >= 15 is 0 Å². The summed E-state index contributed by atoms with van der Waals surface area (Å²) in [4.78, 5) is 22.6. The molecule has 0 heterocycles. The third-order valence-electron chi connectivity index (χ3n) is 3.45. The molecule has 4 nitrogen and oxygen atoms in total. The summed E-state index contributed by atoms with van der Waals surface area (Å²) in [6.07, 6.45) is 0.901. The topological polar surface area (TPSA) is 63.6 Å². The molecular weight excluding hydrogens is 184 g/mol. The van der Waals surface area contributed by atoms with Gasteiger partial charge in [-0.1, -0.05) is 0 Å². The van der Waals surface area contributed by atoms with Crippen LogP contribution in [0.4, 0.5) is 0 Å². The number of ether oxygens (including phenoxy) is 1. The third kappa shape index (κ3) is 1.34. The normalized spacial score (nSPS) is 41.1. The number of hydrogen-bond acceptors (Lipinski definition) is 4. The molecule has 14 heavy (non-hydrogen) atoms. The molecule has 0 aromatic heterocycles. The third-order valence-corrected chi connectivity index (χ3v) is 3.45. The van der Waals surface area contributed by atoms with Crippen molar-refractivity contribution in [1.82, 2.24) is 0 Å². The van der Waals surface area contributed by atoms with Crippen LogP contribution in [0.3, 0.4) is 0 Å². The first-order valence-electron chi connectivity index (χ1n) is 4.91. The summed E-state index contributed by atoms with van der Waals surface area (Å²) in [5.41, 5.74) is 0. The highest BCUT2D eigenvalue weighted by atomic mass is 16.5. The molecule has 78 valence electrons. The van der Waals surface area contributed by atoms with Gasteiger partial charge in [0.25, 0.3) is 0 Å². The minimum Gasteiger partial charge on any atom is -0.469 e. The Hall–Kier alpha value is -0.900. The quantitative estimate of drug-likeness (QED) is 0.608. The first kappa shape index (κ1) is 9.65. The zero-order valence-corrected chi connectivity index (χ0v) is 8.10. The number of hydrogen-bond donors (Lipinski definition) is 1. The molecule has 2 rings (SSSR count). The lowest BCUT2D eigenvalue weighted by Gasteiger charge is -2.17. The molecule has 2 aliphatic rings. The van der Waals surface area contributed by atoms with Crippen molar-refractivity contribution in [2.24, 2.45) is 17.8 Å². The summed E-state index contributed by atoms with van der Waals surface area (Å²) in [7, 11) is 1.32. The minimum absolute atomic E-state index is 0.0185. The van der Waals surface area contributed by atoms with Crippen LogP contribution in [0.25, 0.3) is 0 Å². The van der Waals surface area contributed by atoms with Crippen molar-refractivity contribution in [1.29, 1.82) is 0 Å². The van der Waals surface area contributed by atoms with E-state index in [1.165, 1.54) is 7.11 Å². The van der Waals surface area contributed by atoms with E-state index in [0.717, 1.165) is 0 Å². The number of fused-ring (bicyclic) bond motifs is 1. The Kier molecular flexibility index (Phi) is 2.31. The van der Waals surface area contributed by atoms with Crippen LogP contribution in [0.1, 0.15) is 19.3 Å². The average molecular weight is 198 g/mol. The van der Waals surface area contributed by atoms with E-state index in [1.807, 2.05) is 0 Å². The molecule has 0 radical (unpaired) electrons. The SMILES string of the molecule is COC(=O)[C@H]1[C@@H]2CC(=O)C[C@@H]2C[C@@H]1O. The van der Waals surface area contributed by atoms with Crippen LogP contribution in [0, 0.1) is 17.8 Å². The van der Waals surface area contributed by atoms with Gasteiger partial charge in [-0.25, -0.2) is 0 Å². The van der Waals surface area contributed by atoms with E-state index in [0.29, 0.717) is 19.3 Å². The summed E-state index contributed by atoms with van der Waals surface area (Å²) in [5, 5.41) is 9.67. The fourth-order valence-electron chi connectivity index (χ4n) is 2.85. The van der Waals surface area contributed by atoms with Gasteiger partial charge in [0.2, 0.25) is 0 Å². The predicted molar refractivity (Wildman–Crippen MR) is 47.4 cm³/mol. The Labute approximate surface area is 82.2 Å². The number of aliphatic hydroxyl groups is 1. The van der Waals surface area contributed by atoms with E-state index < -0.39 is 12.0 Å². The molecule has 1 N–H and O–H groups in total. The second-order valence-electron chi connectivity index (χ2n) is 4.22. The van der Waals surface area contributed by atoms with Crippen LogP contribution in [0.5, 0.6) is 0 Å². The fraction of sp³-hybridized carbons (Fsp3) is 0.800. The van der Waals surface area contributed by atoms with Gasteiger partial charge in [0.05, 0.1) is 19.1 Å². The molecular formula is C10H14O4. The summed E-state index contributed by atoms with van der Waals surface area (Å²) in [6.45, 7) is 0. The van der Waals surface area contributed by atoms with Crippen molar-refractivity contribution in [3.8, 4) is 0 Å². The van der Waals surface area contributed by atoms with Gasteiger partial charge >= 0.3 is 5.97 Å². The van der Waals surface area contributed by atoms with Gasteiger partial charge in [0, 0.05) is 12.8 Å². The highest BCUT2D eigenvalue weighted by molar-refractivity contribution is 5.84. The van der Waals surface area contributed by atoms with Crippen LogP contribution in [-0.2, 0) is 14.3 Å². The van der Waals surface area contributed by atoms with E-state index in [2.05, 4.69) is 4.74 Å². The fourth-order valence-corrected chi connectivity index (χ4v) is 2.85. The molecule has 2 saturated carbocycles. The van der Waals surface area contributed by atoms with Gasteiger partial charge < -0.3 is 9.84 Å². The van der Waals surface area contributed by atoms with E-state index in [4.69, 9.17) is 0 Å². The van der Waals surface area contributed by atoms with E-state index in [9.17, 15) is 14.7 Å². The van der Waals surface area contributed by atoms with E-state index in [-0.39, 0.29) is 23.6 Å². The second kappa shape index (κ2) is 3.35. The van der Waals surface area contributed by atoms with Crippen molar-refractivity contribution in [3.63, 3.8) is 0 Å². The molecule has 0 amide bonds. The molecule has 0 spiro atoms. The molecule has 0 aliphatic heterocycles. The molecule has 0 unspecified atom stereocenters. The second-order valence-corrected chi connectivity index (χ2v) is 4.22. The number of Topliss-reactive ketones (excluding diaryl/α,β-unsaturated/α-hetero) is 1. The highest BCUT2D eigenvalue weighted by Gasteiger charge is 2.51. The monoisotopic (exact) mass is 198 g/mol. The largest absolute Gasteiger partial charge is 0.469 e. The minimum atomic E-state index is -0.620. The van der Waals surface area contributed by atoms with Crippen LogP contribution in [-0.4, -0.2) is 30.1 Å². The number of esters is 1. The summed E-state index contributed by atoms with van der Waals surface area (Å²) in [5.74, 6) is -0.427. The van der Waals surface area contributed by atoms with Gasteiger partial charge in [0.15, 0.2) is 0 Å². The Morgan fingerprint density at radius 2 is 2.21 bits per heavy atom. The number of carbonyl (C=O) groups is 2. The molecule has 2 fully saturated rings. The smallest absolute Gasteiger partial charge is 0.311 e. The molecule has 2 aliphatic carbocycles. The van der Waals surface area contributed by atoms with Crippen LogP contribution >= 0.6 is 0 Å². The maximum absolute atomic E-state index is 11.4. The number of carbonyl (C=O) groups excluding carboxylic acids is 2. The number of aliphatic hydroxyl groups excluding tert-OH is 1. The van der Waals surface area contributed by atoms with Gasteiger partial charge in [-0.2, -0.15) is 0 Å². The van der Waals surface area contributed by atoms with Crippen molar-refractivity contribution in [2.45, 2.75) is 25.4 Å². The van der Waals surface area contributed by atoms with Gasteiger partial charge in [-0.3, -0.25) is 9.59 Å². The summed E-state index contributed by atoms with van der Waals surface area (Å²) >= 11 is 0. The lowest BCUT2D eigenvalue weighted by atomic mass is 9.91. The Morgan fingerprint density at radius 1 is 1.50 bits per heavy atom. The molecule has 0 aromatic rings. The van der Waals surface area contributed by atoms with Gasteiger partial charge in [-0.05, 0) is 18.3 Å². The van der Waals surface area contributed by atoms with Crippen molar-refractivity contribution >= 4 is 11.8 Å². The zero-order chi connectivity index (χ0) is 10.3. The Bertz CT molecular complexity index is 273. The number of methoxy groups -OCH3 is 1. The molecule has 4 atom stereocenters. The first-order chi connectivity index (χ1) is 6.63. The van der Waals surface area contributed by atoms with Crippen LogP contribution < -0.4 is 0 Å². The average Bonchev–Trinajstić information content (AvgIpc) is 2.58. The molecule has 4 heteroatoms. The van der Waals surface area contributed by atoms with Crippen molar-refractivity contribution < 1.29 is 19.4 Å². The van der Waals surface area contributed by atoms with Crippen molar-refractivity contribution in [3.05, 3.63) is 0 Å². The standard InChI is InChI=1S/C10H14O4/c1-14-10(13)9-7-4-6(11)2-5(7)3-8(9)12/h5,7-9,12H,2-4H2,1H3/t5-,7-,8+,9+/m1/s1. The lowest BCUT2D eigenvalue weighted by molar-refractivity contribution is -0.150. The van der Waals surface area contributed by atoms with Crippen LogP contribution in [0.15, 0.2) is 0 Å². The maximum Gasteiger partial charge on any atom is 0.311 e. The zero-order valence-electron chi connectivity index (χ0n) is 8.10. The molecule has 0 saturated heterocycles.